The van der Waals surface area contributed by atoms with Gasteiger partial charge in [-0.2, -0.15) is 0 Å². The van der Waals surface area contributed by atoms with Crippen LogP contribution in [0.4, 0.5) is 5.69 Å². The van der Waals surface area contributed by atoms with E-state index in [0.717, 1.165) is 22.3 Å². The predicted octanol–water partition coefficient (Wildman–Crippen LogP) is 3.32. The molecule has 1 amide bonds. The molecule has 3 rings (SSSR count). The van der Waals surface area contributed by atoms with Crippen LogP contribution < -0.4 is 4.90 Å². The van der Waals surface area contributed by atoms with Gasteiger partial charge in [0, 0.05) is 28.8 Å². The summed E-state index contributed by atoms with van der Waals surface area (Å²) in [7, 11) is 3.94. The first kappa shape index (κ1) is 16.9. The number of halogens is 1. The number of ketones is 1. The highest BCUT2D eigenvalue weighted by atomic mass is 79.9. The summed E-state index contributed by atoms with van der Waals surface area (Å²) in [5, 5.41) is 0. The molecule has 1 heterocycles. The van der Waals surface area contributed by atoms with E-state index in [1.807, 2.05) is 55.4 Å². The zero-order valence-electron chi connectivity index (χ0n) is 13.7. The van der Waals surface area contributed by atoms with Crippen LogP contribution in [0, 0.1) is 0 Å². The van der Waals surface area contributed by atoms with E-state index in [4.69, 9.17) is 0 Å². The highest BCUT2D eigenvalue weighted by molar-refractivity contribution is 9.10. The van der Waals surface area contributed by atoms with Gasteiger partial charge < -0.3 is 9.80 Å². The molecular formula is C19H19BrN2O2. The van der Waals surface area contributed by atoms with Gasteiger partial charge in [-0.15, -0.1) is 0 Å². The Morgan fingerprint density at radius 2 is 1.88 bits per heavy atom. The molecule has 2 aromatic rings. The summed E-state index contributed by atoms with van der Waals surface area (Å²) in [6.45, 7) is 1.31. The fourth-order valence-electron chi connectivity index (χ4n) is 2.96. The number of benzene rings is 2. The monoisotopic (exact) mass is 386 g/mol. The molecule has 1 aliphatic rings. The summed E-state index contributed by atoms with van der Waals surface area (Å²) < 4.78 is 0.870. The minimum atomic E-state index is -0.762. The second-order valence-corrected chi connectivity index (χ2v) is 7.08. The van der Waals surface area contributed by atoms with Crippen molar-refractivity contribution in [2.75, 3.05) is 32.1 Å². The van der Waals surface area contributed by atoms with Crippen molar-refractivity contribution in [1.82, 2.24) is 4.90 Å². The van der Waals surface area contributed by atoms with Crippen molar-refractivity contribution in [3.63, 3.8) is 0 Å². The zero-order valence-corrected chi connectivity index (χ0v) is 15.3. The minimum Gasteiger partial charge on any atom is -0.310 e. The van der Waals surface area contributed by atoms with Gasteiger partial charge in [-0.05, 0) is 37.9 Å². The van der Waals surface area contributed by atoms with E-state index in [0.29, 0.717) is 12.1 Å². The van der Waals surface area contributed by atoms with Crippen LogP contribution in [0.1, 0.15) is 21.8 Å². The van der Waals surface area contributed by atoms with Crippen molar-refractivity contribution in [3.05, 3.63) is 64.1 Å². The lowest BCUT2D eigenvalue weighted by molar-refractivity contribution is -0.118. The maximum atomic E-state index is 13.0. The fourth-order valence-corrected chi connectivity index (χ4v) is 3.34. The normalized spacial score (nSPS) is 16.6. The van der Waals surface area contributed by atoms with Crippen molar-refractivity contribution in [1.29, 1.82) is 0 Å². The van der Waals surface area contributed by atoms with Gasteiger partial charge in [0.2, 0.25) is 5.91 Å². The van der Waals surface area contributed by atoms with E-state index in [1.165, 1.54) is 0 Å². The largest absolute Gasteiger partial charge is 0.310 e. The summed E-state index contributed by atoms with van der Waals surface area (Å²) >= 11 is 3.45. The van der Waals surface area contributed by atoms with Gasteiger partial charge in [0.05, 0.1) is 0 Å². The lowest BCUT2D eigenvalue weighted by atomic mass is 9.92. The number of fused-ring (bicyclic) bond motifs is 1. The fraction of sp³-hybridized carbons (Fsp3) is 0.263. The summed E-state index contributed by atoms with van der Waals surface area (Å²) in [5.74, 6) is -1.05. The minimum absolute atomic E-state index is 0.140. The molecular weight excluding hydrogens is 368 g/mol. The Morgan fingerprint density at radius 3 is 2.54 bits per heavy atom. The number of hydrogen-bond acceptors (Lipinski definition) is 3. The Morgan fingerprint density at radius 1 is 1.17 bits per heavy atom. The number of carbonyl (C=O) groups excluding carboxylic acids is 2. The molecule has 0 saturated heterocycles. The molecule has 0 spiro atoms. The second kappa shape index (κ2) is 6.87. The van der Waals surface area contributed by atoms with Crippen LogP contribution in [-0.4, -0.2) is 43.8 Å². The number of Topliss-reactive ketones (excluding diaryl/α,β-unsaturated/α-hetero) is 1. The van der Waals surface area contributed by atoms with Gasteiger partial charge in [-0.1, -0.05) is 46.3 Å². The number of likely N-dealkylation sites (N-methyl/N-ethyl adjacent to an activating group) is 1. The lowest BCUT2D eigenvalue weighted by Gasteiger charge is -2.20. The Balaban J connectivity index is 2.00. The van der Waals surface area contributed by atoms with Crippen LogP contribution in [0.15, 0.2) is 53.0 Å². The maximum Gasteiger partial charge on any atom is 0.242 e. The van der Waals surface area contributed by atoms with E-state index >= 15 is 0 Å². The smallest absolute Gasteiger partial charge is 0.242 e. The Labute approximate surface area is 150 Å². The van der Waals surface area contributed by atoms with Crippen LogP contribution >= 0.6 is 15.9 Å². The van der Waals surface area contributed by atoms with Crippen LogP contribution in [0.5, 0.6) is 0 Å². The van der Waals surface area contributed by atoms with Crippen LogP contribution in [0.2, 0.25) is 0 Å². The first-order chi connectivity index (χ1) is 11.5. The lowest BCUT2D eigenvalue weighted by Crippen LogP contribution is -2.36. The Kier molecular flexibility index (Phi) is 4.83. The molecule has 1 atom stereocenters. The Hall–Kier alpha value is -1.98. The van der Waals surface area contributed by atoms with Crippen LogP contribution in [0.3, 0.4) is 0 Å². The summed E-state index contributed by atoms with van der Waals surface area (Å²) in [6, 6.07) is 14.7. The number of rotatable bonds is 5. The number of amides is 1. The van der Waals surface area contributed by atoms with E-state index < -0.39 is 5.92 Å². The summed E-state index contributed by atoms with van der Waals surface area (Å²) in [4.78, 5) is 29.7. The van der Waals surface area contributed by atoms with E-state index in [-0.39, 0.29) is 11.7 Å². The van der Waals surface area contributed by atoms with Gasteiger partial charge in [-0.3, -0.25) is 9.59 Å². The second-order valence-electron chi connectivity index (χ2n) is 6.16. The first-order valence-electron chi connectivity index (χ1n) is 7.84. The molecule has 0 aliphatic carbocycles. The molecule has 0 fully saturated rings. The third-order valence-electron chi connectivity index (χ3n) is 4.20. The highest BCUT2D eigenvalue weighted by Crippen LogP contribution is 2.40. The molecule has 0 radical (unpaired) electrons. The van der Waals surface area contributed by atoms with Gasteiger partial charge in [-0.25, -0.2) is 0 Å². The summed E-state index contributed by atoms with van der Waals surface area (Å²) in [6.07, 6.45) is 0. The third kappa shape index (κ3) is 3.14. The maximum absolute atomic E-state index is 13.0. The van der Waals surface area contributed by atoms with Crippen molar-refractivity contribution in [2.45, 2.75) is 5.92 Å². The van der Waals surface area contributed by atoms with Crippen molar-refractivity contribution < 1.29 is 9.59 Å². The molecule has 2 aromatic carbocycles. The van der Waals surface area contributed by atoms with E-state index in [1.54, 1.807) is 17.0 Å². The van der Waals surface area contributed by atoms with Crippen molar-refractivity contribution in [2.24, 2.45) is 0 Å². The molecule has 5 heteroatoms. The average molecular weight is 387 g/mol. The van der Waals surface area contributed by atoms with Crippen molar-refractivity contribution in [3.8, 4) is 0 Å². The molecule has 0 saturated carbocycles. The predicted molar refractivity (Wildman–Crippen MR) is 98.6 cm³/mol. The van der Waals surface area contributed by atoms with Gasteiger partial charge in [0.15, 0.2) is 5.78 Å². The molecule has 0 N–H and O–H groups in total. The molecule has 0 bridgehead atoms. The van der Waals surface area contributed by atoms with Gasteiger partial charge in [0.25, 0.3) is 0 Å². The topological polar surface area (TPSA) is 40.6 Å². The van der Waals surface area contributed by atoms with Crippen molar-refractivity contribution >= 4 is 33.3 Å². The standard InChI is InChI=1S/C19H19BrN2O2/c1-21(2)10-11-22-16-9-8-14(20)12-15(16)17(19(22)24)18(23)13-6-4-3-5-7-13/h3-9,12,17H,10-11H2,1-2H3. The molecule has 4 nitrogen and oxygen atoms in total. The quantitative estimate of drug-likeness (QED) is 0.584. The van der Waals surface area contributed by atoms with Gasteiger partial charge in [0.1, 0.15) is 5.92 Å². The Bertz CT molecular complexity index is 774. The molecule has 24 heavy (non-hydrogen) atoms. The molecule has 124 valence electrons. The molecule has 0 aromatic heterocycles. The highest BCUT2D eigenvalue weighted by Gasteiger charge is 2.41. The molecule has 1 unspecified atom stereocenters. The third-order valence-corrected chi connectivity index (χ3v) is 4.69. The summed E-state index contributed by atoms with van der Waals surface area (Å²) in [5.41, 5.74) is 2.18. The van der Waals surface area contributed by atoms with Gasteiger partial charge >= 0.3 is 0 Å². The first-order valence-corrected chi connectivity index (χ1v) is 8.63. The number of carbonyl (C=O) groups is 2. The average Bonchev–Trinajstić information content (AvgIpc) is 2.84. The van der Waals surface area contributed by atoms with Crippen LogP contribution in [-0.2, 0) is 4.79 Å². The zero-order chi connectivity index (χ0) is 17.3. The molecule has 1 aliphatic heterocycles. The number of anilines is 1. The van der Waals surface area contributed by atoms with E-state index in [2.05, 4.69) is 15.9 Å². The SMILES string of the molecule is CN(C)CCN1C(=O)C(C(=O)c2ccccc2)c2cc(Br)ccc21. The van der Waals surface area contributed by atoms with Crippen LogP contribution in [0.25, 0.3) is 0 Å². The number of hydrogen-bond donors (Lipinski definition) is 0. The van der Waals surface area contributed by atoms with E-state index in [9.17, 15) is 9.59 Å². The number of nitrogens with zero attached hydrogens (tertiary/aromatic N) is 2.